The Morgan fingerprint density at radius 3 is 3.20 bits per heavy atom. The first-order valence-corrected chi connectivity index (χ1v) is 2.40. The number of piperidine rings is 1. The lowest BCUT2D eigenvalue weighted by molar-refractivity contribution is -0.146. The summed E-state index contributed by atoms with van der Waals surface area (Å²) < 4.78 is 58.5. The van der Waals surface area contributed by atoms with Crippen LogP contribution in [-0.2, 0) is 4.79 Å². The predicted molar refractivity (Wildman–Crippen MR) is 34.6 cm³/mol. The molecule has 0 aliphatic carbocycles. The molecule has 2 atom stereocenters. The summed E-state index contributed by atoms with van der Waals surface area (Å²) in [6.45, 7) is -6.59. The first-order valence-electron chi connectivity index (χ1n) is 6.40. The maximum atomic E-state index is 11.0. The largest absolute Gasteiger partial charge is 0.481 e. The van der Waals surface area contributed by atoms with E-state index in [1.165, 1.54) is 5.32 Å². The summed E-state index contributed by atoms with van der Waals surface area (Å²) >= 11 is 0. The Kier molecular flexibility index (Phi) is 0.652. The molecule has 0 radical (unpaired) electrons. The van der Waals surface area contributed by atoms with Crippen molar-refractivity contribution < 1.29 is 26.0 Å². The van der Waals surface area contributed by atoms with Crippen molar-refractivity contribution in [3.63, 3.8) is 0 Å². The average molecular weight is 153 g/mol. The lowest BCUT2D eigenvalue weighted by atomic mass is 9.96. The summed E-state index contributed by atoms with van der Waals surface area (Å²) in [6, 6.07) is 0. The topological polar surface area (TPSA) is 69.6 Å². The lowest BCUT2D eigenvalue weighted by Crippen LogP contribution is -2.43. The second kappa shape index (κ2) is 2.98. The van der Waals surface area contributed by atoms with Crippen molar-refractivity contribution in [2.75, 3.05) is 13.0 Å². The Morgan fingerprint density at radius 2 is 2.60 bits per heavy atom. The van der Waals surface area contributed by atoms with Gasteiger partial charge in [-0.2, -0.15) is 0 Å². The Hall–Kier alpha value is -0.610. The van der Waals surface area contributed by atoms with E-state index in [1.54, 1.807) is 0 Å². The van der Waals surface area contributed by atoms with Gasteiger partial charge in [0.2, 0.25) is 0 Å². The van der Waals surface area contributed by atoms with Gasteiger partial charge in [0.05, 0.1) is 13.3 Å². The Bertz CT molecular complexity index is 368. The van der Waals surface area contributed by atoms with Gasteiger partial charge in [-0.05, 0) is 12.9 Å². The highest BCUT2D eigenvalue weighted by molar-refractivity contribution is 5.70. The van der Waals surface area contributed by atoms with Crippen LogP contribution in [0, 0.1) is 5.89 Å². The van der Waals surface area contributed by atoms with E-state index in [1.807, 2.05) is 0 Å². The number of hydrogen-bond donors (Lipinski definition) is 3. The summed E-state index contributed by atoms with van der Waals surface area (Å²) in [4.78, 5) is 11.0. The molecule has 4 heteroatoms. The van der Waals surface area contributed by atoms with Crippen LogP contribution in [0.25, 0.3) is 0 Å². The fourth-order valence-corrected chi connectivity index (χ4v) is 0.461. The van der Waals surface area contributed by atoms with Crippen molar-refractivity contribution >= 4 is 5.97 Å². The van der Waals surface area contributed by atoms with Gasteiger partial charge >= 0.3 is 5.97 Å². The number of nitrogens with one attached hydrogen (secondary N) is 1. The summed E-state index contributed by atoms with van der Waals surface area (Å²) in [5.74, 6) is -6.09. The molecule has 0 aromatic heterocycles. The number of carboxylic acid groups (broad SMARTS) is 1. The summed E-state index contributed by atoms with van der Waals surface area (Å²) in [7, 11) is 0. The summed E-state index contributed by atoms with van der Waals surface area (Å²) in [5.41, 5.74) is 0. The third-order valence-corrected chi connectivity index (χ3v) is 0.882. The van der Waals surface area contributed by atoms with Crippen molar-refractivity contribution in [2.45, 2.75) is 12.5 Å². The van der Waals surface area contributed by atoms with Crippen molar-refractivity contribution in [1.82, 2.24) is 5.32 Å². The van der Waals surface area contributed by atoms with Gasteiger partial charge in [0, 0.05) is 16.1 Å². The summed E-state index contributed by atoms with van der Waals surface area (Å²) in [5, 5.41) is 19.9. The number of rotatable bonds is 1. The zero-order chi connectivity index (χ0) is 14.8. The van der Waals surface area contributed by atoms with E-state index in [2.05, 4.69) is 0 Å². The minimum atomic E-state index is -3.75. The molecule has 4 nitrogen and oxygen atoms in total. The van der Waals surface area contributed by atoms with Crippen LogP contribution >= 0.6 is 0 Å². The number of carboxylic acids is 1. The minimum absolute atomic E-state index is 1.39. The predicted octanol–water partition coefficient (Wildman–Crippen LogP) is -0.959. The van der Waals surface area contributed by atoms with Gasteiger partial charge in [0.15, 0.2) is 0 Å². The molecule has 1 heterocycles. The molecule has 1 aliphatic rings. The van der Waals surface area contributed by atoms with Crippen LogP contribution in [0.5, 0.6) is 0 Å². The standard InChI is InChI=1S/C6H11NO3/c8-5-3-7-2-1-4(5)6(9)10/h4-5,7-8H,1-3H2,(H,9,10)/i1D2,2D2,3D2,4D,5D. The average Bonchev–Trinajstić information content (AvgIpc) is 2.11. The molecule has 1 aliphatic heterocycles. The molecule has 58 valence electrons. The second-order valence-corrected chi connectivity index (χ2v) is 1.53. The molecule has 0 bridgehead atoms. The van der Waals surface area contributed by atoms with Crippen LogP contribution in [0.15, 0.2) is 0 Å². The van der Waals surface area contributed by atoms with Crippen molar-refractivity contribution in [3.05, 3.63) is 0 Å². The van der Waals surface area contributed by atoms with E-state index in [9.17, 15) is 9.90 Å². The molecule has 1 fully saturated rings. The molecule has 0 amide bonds. The SMILES string of the molecule is [2H]C1([2H])NC([2H])([2H])C([2H])(O)C([2H])(C(=O)O)C1([2H])[2H]. The molecule has 0 saturated carbocycles. The highest BCUT2D eigenvalue weighted by Crippen LogP contribution is 2.11. The quantitative estimate of drug-likeness (QED) is 0.454. The van der Waals surface area contributed by atoms with E-state index < -0.39 is 37.3 Å². The van der Waals surface area contributed by atoms with Gasteiger partial charge in [-0.3, -0.25) is 4.79 Å². The van der Waals surface area contributed by atoms with Crippen LogP contribution in [0.4, 0.5) is 0 Å². The molecule has 2 unspecified atom stereocenters. The maximum absolute atomic E-state index is 11.0. The van der Waals surface area contributed by atoms with Gasteiger partial charge < -0.3 is 15.5 Å². The second-order valence-electron chi connectivity index (χ2n) is 1.53. The maximum Gasteiger partial charge on any atom is 0.309 e. The highest BCUT2D eigenvalue weighted by Gasteiger charge is 2.28. The third kappa shape index (κ3) is 1.46. The van der Waals surface area contributed by atoms with E-state index in [-0.39, 0.29) is 0 Å². The van der Waals surface area contributed by atoms with Crippen LogP contribution in [0.3, 0.4) is 0 Å². The van der Waals surface area contributed by atoms with Crippen molar-refractivity contribution in [2.24, 2.45) is 5.89 Å². The number of carbonyl (C=O) groups is 1. The number of hydrogen-bond acceptors (Lipinski definition) is 3. The zero-order valence-corrected chi connectivity index (χ0v) is 4.80. The monoisotopic (exact) mass is 153 g/mol. The van der Waals surface area contributed by atoms with E-state index >= 15 is 0 Å². The number of aliphatic hydroxyl groups is 1. The molecule has 3 N–H and O–H groups in total. The van der Waals surface area contributed by atoms with Crippen LogP contribution in [0.2, 0.25) is 0 Å². The summed E-state index contributed by atoms with van der Waals surface area (Å²) in [6.07, 6.45) is -7.28. The molecule has 0 spiro atoms. The van der Waals surface area contributed by atoms with Gasteiger partial charge in [-0.15, -0.1) is 0 Å². The molecule has 10 heavy (non-hydrogen) atoms. The minimum Gasteiger partial charge on any atom is -0.481 e. The van der Waals surface area contributed by atoms with Gasteiger partial charge in [0.25, 0.3) is 0 Å². The normalized spacial score (nSPS) is 75.3. The fraction of sp³-hybridized carbons (Fsp3) is 0.833. The third-order valence-electron chi connectivity index (χ3n) is 0.882. The van der Waals surface area contributed by atoms with Crippen LogP contribution in [-0.4, -0.2) is 35.3 Å². The first kappa shape index (κ1) is 2.19. The van der Waals surface area contributed by atoms with Crippen LogP contribution < -0.4 is 5.32 Å². The van der Waals surface area contributed by atoms with Crippen molar-refractivity contribution in [3.8, 4) is 0 Å². The van der Waals surface area contributed by atoms with E-state index in [0.717, 1.165) is 0 Å². The Balaban J connectivity index is 3.64. The number of β-amino-alcohol motifs (C(OH)–C–C–N with tert-alkyl or cyclic N) is 1. The zero-order valence-electron chi connectivity index (χ0n) is 12.8. The molecule has 1 rings (SSSR count). The van der Waals surface area contributed by atoms with E-state index in [0.29, 0.717) is 0 Å². The Morgan fingerprint density at radius 1 is 1.90 bits per heavy atom. The highest BCUT2D eigenvalue weighted by atomic mass is 16.4. The van der Waals surface area contributed by atoms with Crippen LogP contribution in [0.1, 0.15) is 17.3 Å². The van der Waals surface area contributed by atoms with Gasteiger partial charge in [0.1, 0.15) is 0 Å². The molecule has 0 aromatic rings. The van der Waals surface area contributed by atoms with E-state index in [4.69, 9.17) is 16.1 Å². The first-order chi connectivity index (χ1) is 7.65. The lowest BCUT2D eigenvalue weighted by Gasteiger charge is -2.24. The molecular formula is C6H11NO3. The van der Waals surface area contributed by atoms with Crippen molar-refractivity contribution in [1.29, 1.82) is 0 Å². The molecular weight excluding hydrogens is 134 g/mol. The number of aliphatic carboxylic acids is 1. The Labute approximate surface area is 70.1 Å². The fourth-order valence-electron chi connectivity index (χ4n) is 0.461. The molecule has 0 aromatic carbocycles. The smallest absolute Gasteiger partial charge is 0.309 e. The van der Waals surface area contributed by atoms with Gasteiger partial charge in [-0.25, -0.2) is 0 Å². The van der Waals surface area contributed by atoms with Gasteiger partial charge in [-0.1, -0.05) is 0 Å². The molecule has 1 saturated heterocycles.